The molecule has 0 fully saturated rings. The normalized spacial score (nSPS) is 19.9. The zero-order chi connectivity index (χ0) is 30.5. The second kappa shape index (κ2) is 13.8. The maximum atomic E-state index is 14.0. The zero-order valence-electron chi connectivity index (χ0n) is 25.0. The maximum Gasteiger partial charge on any atom is 0.420 e. The molecule has 9 heteroatoms. The van der Waals surface area contributed by atoms with Crippen LogP contribution in [0.4, 0.5) is 26.3 Å². The molecule has 1 aliphatic heterocycles. The molecular formula is C31H46F6O3. The number of alkyl halides is 6. The summed E-state index contributed by atoms with van der Waals surface area (Å²) in [6.45, 7) is 11.5. The largest absolute Gasteiger partial charge is 0.487 e. The average Bonchev–Trinajstić information content (AvgIpc) is 2.80. The SMILES string of the molecule is CC(=O)Oc1c(C)c2c(c(C)c1C(F)(F)F)OC(C)(CCCC(C)CCCC(C)CCCC(C)C(F)(F)F)CC2. The second-order valence-electron chi connectivity index (χ2n) is 12.3. The first-order valence-electron chi connectivity index (χ1n) is 14.5. The smallest absolute Gasteiger partial charge is 0.420 e. The quantitative estimate of drug-likeness (QED) is 0.132. The van der Waals surface area contributed by atoms with Crippen LogP contribution >= 0.6 is 0 Å². The molecule has 4 atom stereocenters. The molecule has 0 bridgehead atoms. The summed E-state index contributed by atoms with van der Waals surface area (Å²) in [4.78, 5) is 11.5. The number of carbonyl (C=O) groups excluding carboxylic acids is 1. The van der Waals surface area contributed by atoms with Crippen LogP contribution in [0.3, 0.4) is 0 Å². The summed E-state index contributed by atoms with van der Waals surface area (Å²) in [6.07, 6.45) is -0.388. The van der Waals surface area contributed by atoms with E-state index in [4.69, 9.17) is 9.47 Å². The maximum absolute atomic E-state index is 14.0. The number of carbonyl (C=O) groups is 1. The zero-order valence-corrected chi connectivity index (χ0v) is 25.0. The standard InChI is InChI=1S/C31H46F6O3/c1-19(13-9-15-21(3)30(32,33)34)11-8-12-20(2)14-10-17-29(7)18-16-25-22(4)28(39-24(6)38)26(31(35,36)37)23(5)27(25)40-29/h19-21H,8-18H2,1-7H3. The van der Waals surface area contributed by atoms with Gasteiger partial charge in [-0.3, -0.25) is 4.79 Å². The minimum atomic E-state index is -4.69. The van der Waals surface area contributed by atoms with Crippen LogP contribution in [0.2, 0.25) is 0 Å². The van der Waals surface area contributed by atoms with Gasteiger partial charge in [0, 0.05) is 18.1 Å². The van der Waals surface area contributed by atoms with Crippen molar-refractivity contribution in [3.63, 3.8) is 0 Å². The number of halogens is 6. The second-order valence-corrected chi connectivity index (χ2v) is 12.3. The molecule has 0 N–H and O–H groups in total. The number of hydrogen-bond donors (Lipinski definition) is 0. The van der Waals surface area contributed by atoms with E-state index in [9.17, 15) is 31.1 Å². The van der Waals surface area contributed by atoms with E-state index < -0.39 is 41.2 Å². The van der Waals surface area contributed by atoms with Crippen molar-refractivity contribution in [2.75, 3.05) is 0 Å². The molecule has 0 spiro atoms. The Labute approximate surface area is 235 Å². The Bertz CT molecular complexity index is 1000. The van der Waals surface area contributed by atoms with Gasteiger partial charge in [-0.2, -0.15) is 26.3 Å². The molecule has 1 aromatic rings. The first-order valence-corrected chi connectivity index (χ1v) is 14.5. The van der Waals surface area contributed by atoms with Gasteiger partial charge in [0.2, 0.25) is 0 Å². The molecule has 1 aliphatic rings. The average molecular weight is 581 g/mol. The van der Waals surface area contributed by atoms with Crippen molar-refractivity contribution >= 4 is 5.97 Å². The van der Waals surface area contributed by atoms with E-state index in [1.54, 1.807) is 6.92 Å². The summed E-state index contributed by atoms with van der Waals surface area (Å²) < 4.78 is 91.3. The van der Waals surface area contributed by atoms with E-state index in [1.807, 2.05) is 6.92 Å². The highest BCUT2D eigenvalue weighted by Gasteiger charge is 2.43. The van der Waals surface area contributed by atoms with Crippen molar-refractivity contribution in [2.24, 2.45) is 17.8 Å². The molecule has 230 valence electrons. The van der Waals surface area contributed by atoms with Gasteiger partial charge in [0.25, 0.3) is 0 Å². The van der Waals surface area contributed by atoms with Gasteiger partial charge in [0.15, 0.2) is 0 Å². The molecule has 0 radical (unpaired) electrons. The van der Waals surface area contributed by atoms with Gasteiger partial charge in [0.1, 0.15) is 22.7 Å². The van der Waals surface area contributed by atoms with E-state index in [2.05, 4.69) is 13.8 Å². The Morgan fingerprint density at radius 1 is 0.900 bits per heavy atom. The number of ether oxygens (including phenoxy) is 2. The van der Waals surface area contributed by atoms with Crippen molar-refractivity contribution in [1.82, 2.24) is 0 Å². The van der Waals surface area contributed by atoms with Gasteiger partial charge < -0.3 is 9.47 Å². The van der Waals surface area contributed by atoms with E-state index in [0.29, 0.717) is 42.2 Å². The number of hydrogen-bond acceptors (Lipinski definition) is 3. The molecule has 0 saturated carbocycles. The highest BCUT2D eigenvalue weighted by atomic mass is 19.4. The molecule has 0 aromatic heterocycles. The summed E-state index contributed by atoms with van der Waals surface area (Å²) in [5.41, 5.74) is -0.637. The monoisotopic (exact) mass is 580 g/mol. The number of benzene rings is 1. The Morgan fingerprint density at radius 2 is 1.43 bits per heavy atom. The Morgan fingerprint density at radius 3 is 1.93 bits per heavy atom. The molecule has 4 unspecified atom stereocenters. The van der Waals surface area contributed by atoms with Gasteiger partial charge in [-0.15, -0.1) is 0 Å². The Hall–Kier alpha value is -1.93. The van der Waals surface area contributed by atoms with Crippen LogP contribution in [0.1, 0.15) is 121 Å². The third kappa shape index (κ3) is 9.57. The molecular weight excluding hydrogens is 534 g/mol. The molecule has 0 amide bonds. The molecule has 0 aliphatic carbocycles. The van der Waals surface area contributed by atoms with Crippen molar-refractivity contribution in [3.05, 3.63) is 22.3 Å². The first kappa shape index (κ1) is 34.3. The van der Waals surface area contributed by atoms with Crippen LogP contribution in [0.15, 0.2) is 0 Å². The predicted octanol–water partition coefficient (Wildman–Crippen LogP) is 10.3. The number of rotatable bonds is 13. The molecule has 2 rings (SSSR count). The van der Waals surface area contributed by atoms with E-state index in [0.717, 1.165) is 51.9 Å². The molecule has 40 heavy (non-hydrogen) atoms. The summed E-state index contributed by atoms with van der Waals surface area (Å²) in [5.74, 6) is -1.35. The summed E-state index contributed by atoms with van der Waals surface area (Å²) in [6, 6.07) is 0. The Balaban J connectivity index is 1.89. The first-order chi connectivity index (χ1) is 18.4. The van der Waals surface area contributed by atoms with Crippen molar-refractivity contribution in [2.45, 2.75) is 137 Å². The minimum Gasteiger partial charge on any atom is -0.487 e. The highest BCUT2D eigenvalue weighted by Crippen LogP contribution is 2.50. The molecule has 1 aromatic carbocycles. The minimum absolute atomic E-state index is 0.0503. The topological polar surface area (TPSA) is 35.5 Å². The molecule has 1 heterocycles. The van der Waals surface area contributed by atoms with E-state index in [-0.39, 0.29) is 17.7 Å². The summed E-state index contributed by atoms with van der Waals surface area (Å²) in [7, 11) is 0. The lowest BCUT2D eigenvalue weighted by Gasteiger charge is -2.38. The lowest BCUT2D eigenvalue weighted by Crippen LogP contribution is -2.37. The third-order valence-corrected chi connectivity index (χ3v) is 8.48. The van der Waals surface area contributed by atoms with Crippen LogP contribution in [-0.4, -0.2) is 17.7 Å². The van der Waals surface area contributed by atoms with Crippen molar-refractivity contribution in [1.29, 1.82) is 0 Å². The van der Waals surface area contributed by atoms with Crippen LogP contribution in [-0.2, 0) is 17.4 Å². The molecule has 3 nitrogen and oxygen atoms in total. The fraction of sp³-hybridized carbons (Fsp3) is 0.774. The molecule has 0 saturated heterocycles. The highest BCUT2D eigenvalue weighted by molar-refractivity contribution is 5.72. The van der Waals surface area contributed by atoms with Crippen LogP contribution in [0, 0.1) is 31.6 Å². The van der Waals surface area contributed by atoms with Crippen molar-refractivity contribution < 1.29 is 40.6 Å². The van der Waals surface area contributed by atoms with Gasteiger partial charge in [-0.25, -0.2) is 0 Å². The van der Waals surface area contributed by atoms with E-state index >= 15 is 0 Å². The van der Waals surface area contributed by atoms with Crippen LogP contribution < -0.4 is 9.47 Å². The van der Waals surface area contributed by atoms with Gasteiger partial charge >= 0.3 is 18.3 Å². The van der Waals surface area contributed by atoms with Crippen molar-refractivity contribution in [3.8, 4) is 11.5 Å². The number of esters is 1. The van der Waals surface area contributed by atoms with Crippen LogP contribution in [0.5, 0.6) is 11.5 Å². The summed E-state index contributed by atoms with van der Waals surface area (Å²) >= 11 is 0. The number of fused-ring (bicyclic) bond motifs is 1. The fourth-order valence-corrected chi connectivity index (χ4v) is 5.78. The summed E-state index contributed by atoms with van der Waals surface area (Å²) in [5, 5.41) is 0. The third-order valence-electron chi connectivity index (χ3n) is 8.48. The predicted molar refractivity (Wildman–Crippen MR) is 145 cm³/mol. The van der Waals surface area contributed by atoms with Gasteiger partial charge in [-0.1, -0.05) is 59.3 Å². The van der Waals surface area contributed by atoms with Gasteiger partial charge in [0.05, 0.1) is 5.92 Å². The van der Waals surface area contributed by atoms with Gasteiger partial charge in [-0.05, 0) is 70.3 Å². The van der Waals surface area contributed by atoms with E-state index in [1.165, 1.54) is 13.8 Å². The fourth-order valence-electron chi connectivity index (χ4n) is 5.78. The lowest BCUT2D eigenvalue weighted by molar-refractivity contribution is -0.171. The lowest BCUT2D eigenvalue weighted by atomic mass is 9.83. The van der Waals surface area contributed by atoms with Crippen LogP contribution in [0.25, 0.3) is 0 Å². The Kier molecular flexibility index (Phi) is 11.8.